The van der Waals surface area contributed by atoms with Gasteiger partial charge in [-0.15, -0.1) is 5.10 Å². The van der Waals surface area contributed by atoms with Crippen molar-refractivity contribution in [1.29, 1.82) is 0 Å². The van der Waals surface area contributed by atoms with Gasteiger partial charge in [-0.1, -0.05) is 6.07 Å². The normalized spacial score (nSPS) is 16.1. The first-order valence-electron chi connectivity index (χ1n) is 8.79. The van der Waals surface area contributed by atoms with Gasteiger partial charge in [0.25, 0.3) is 0 Å². The fourth-order valence-electron chi connectivity index (χ4n) is 3.13. The van der Waals surface area contributed by atoms with E-state index in [0.717, 1.165) is 30.2 Å². The van der Waals surface area contributed by atoms with E-state index in [-0.39, 0.29) is 18.5 Å². The van der Waals surface area contributed by atoms with E-state index in [4.69, 9.17) is 0 Å². The van der Waals surface area contributed by atoms with Crippen LogP contribution in [0.5, 0.6) is 0 Å². The highest BCUT2D eigenvalue weighted by Crippen LogP contribution is 2.10. The zero-order valence-electron chi connectivity index (χ0n) is 14.9. The Balaban J connectivity index is 1.52. The van der Waals surface area contributed by atoms with Crippen LogP contribution in [0.2, 0.25) is 0 Å². The molecule has 0 radical (unpaired) electrons. The van der Waals surface area contributed by atoms with Crippen molar-refractivity contribution in [3.63, 3.8) is 0 Å². The van der Waals surface area contributed by atoms with Crippen molar-refractivity contribution in [2.45, 2.75) is 52.2 Å². The molecule has 1 aliphatic heterocycles. The molecule has 1 N–H and O–H groups in total. The second-order valence-corrected chi connectivity index (χ2v) is 6.68. The Hall–Kier alpha value is -2.35. The first-order chi connectivity index (χ1) is 12.1. The molecule has 0 aromatic carbocycles. The van der Waals surface area contributed by atoms with Crippen molar-refractivity contribution in [1.82, 2.24) is 35.4 Å². The van der Waals surface area contributed by atoms with E-state index in [9.17, 15) is 4.79 Å². The van der Waals surface area contributed by atoms with Gasteiger partial charge in [0.2, 0.25) is 5.91 Å². The number of aryl methyl sites for hydroxylation is 1. The number of likely N-dealkylation sites (tertiary alicyclic amines) is 1. The first kappa shape index (κ1) is 17.5. The number of nitrogens with one attached hydrogen (secondary N) is 1. The number of pyridine rings is 1. The molecule has 3 rings (SSSR count). The van der Waals surface area contributed by atoms with Crippen molar-refractivity contribution in [3.8, 4) is 0 Å². The van der Waals surface area contributed by atoms with Crippen LogP contribution in [0, 0.1) is 6.92 Å². The Bertz CT molecular complexity index is 709. The van der Waals surface area contributed by atoms with E-state index in [1.54, 1.807) is 10.9 Å². The summed E-state index contributed by atoms with van der Waals surface area (Å²) < 4.78 is 1.59. The highest BCUT2D eigenvalue weighted by atomic mass is 16.2. The molecule has 0 saturated carbocycles. The van der Waals surface area contributed by atoms with Crippen LogP contribution in [0.3, 0.4) is 0 Å². The minimum atomic E-state index is -0.0870. The number of carbonyl (C=O) groups is 1. The van der Waals surface area contributed by atoms with Gasteiger partial charge in [-0.2, -0.15) is 0 Å². The molecule has 1 fully saturated rings. The topological polar surface area (TPSA) is 88.8 Å². The number of carbonyl (C=O) groups excluding carboxylic acids is 1. The smallest absolute Gasteiger partial charge is 0.242 e. The minimum absolute atomic E-state index is 0.000359. The second-order valence-electron chi connectivity index (χ2n) is 6.68. The van der Waals surface area contributed by atoms with Crippen LogP contribution in [0.15, 0.2) is 18.3 Å². The maximum atomic E-state index is 12.3. The zero-order valence-corrected chi connectivity index (χ0v) is 14.9. The number of nitrogens with zero attached hydrogens (tertiary/aromatic N) is 6. The maximum absolute atomic E-state index is 12.3. The lowest BCUT2D eigenvalue weighted by molar-refractivity contribution is -0.122. The molecule has 134 valence electrons. The van der Waals surface area contributed by atoms with Crippen molar-refractivity contribution >= 4 is 5.91 Å². The Morgan fingerprint density at radius 1 is 1.36 bits per heavy atom. The van der Waals surface area contributed by atoms with Gasteiger partial charge in [0, 0.05) is 24.4 Å². The molecule has 0 spiro atoms. The Morgan fingerprint density at radius 2 is 2.16 bits per heavy atom. The lowest BCUT2D eigenvalue weighted by Crippen LogP contribution is -2.37. The fraction of sp³-hybridized carbons (Fsp3) is 0.588. The predicted octanol–water partition coefficient (Wildman–Crippen LogP) is 0.720. The van der Waals surface area contributed by atoms with Crippen LogP contribution in [0.1, 0.15) is 36.8 Å². The van der Waals surface area contributed by atoms with Crippen LogP contribution < -0.4 is 5.32 Å². The van der Waals surface area contributed by atoms with Gasteiger partial charge in [-0.3, -0.25) is 14.7 Å². The van der Waals surface area contributed by atoms with Gasteiger partial charge in [-0.25, -0.2) is 4.68 Å². The standard InChI is InChI=1S/C17H25N7O/c1-13-6-5-7-18-15(13)10-14(2)19-17(25)12-24-16(20-21-22-24)11-23-8-3-4-9-23/h5-7,14H,3-4,8-12H2,1-2H3,(H,19,25)/t14-/m1/s1. The zero-order chi connectivity index (χ0) is 17.6. The van der Waals surface area contributed by atoms with Crippen molar-refractivity contribution < 1.29 is 4.79 Å². The molecular weight excluding hydrogens is 318 g/mol. The predicted molar refractivity (Wildman–Crippen MR) is 92.6 cm³/mol. The largest absolute Gasteiger partial charge is 0.352 e. The fourth-order valence-corrected chi connectivity index (χ4v) is 3.13. The number of amides is 1. The molecule has 0 unspecified atom stereocenters. The number of tetrazole rings is 1. The molecule has 1 amide bonds. The van der Waals surface area contributed by atoms with Crippen LogP contribution in [-0.2, 0) is 24.3 Å². The van der Waals surface area contributed by atoms with Crippen molar-refractivity contribution in [2.24, 2.45) is 0 Å². The molecule has 2 aromatic heterocycles. The van der Waals surface area contributed by atoms with E-state index >= 15 is 0 Å². The SMILES string of the molecule is Cc1cccnc1C[C@@H](C)NC(=O)Cn1nnnc1CN1CCCC1. The van der Waals surface area contributed by atoms with Crippen LogP contribution in [0.25, 0.3) is 0 Å². The lowest BCUT2D eigenvalue weighted by atomic mass is 10.1. The molecule has 1 saturated heterocycles. The van der Waals surface area contributed by atoms with Gasteiger partial charge in [0.1, 0.15) is 6.54 Å². The summed E-state index contributed by atoms with van der Waals surface area (Å²) in [5.41, 5.74) is 2.14. The van der Waals surface area contributed by atoms with E-state index in [0.29, 0.717) is 13.0 Å². The van der Waals surface area contributed by atoms with E-state index < -0.39 is 0 Å². The number of rotatable bonds is 7. The second kappa shape index (κ2) is 8.15. The molecular formula is C17H25N7O. The number of aromatic nitrogens is 5. The van der Waals surface area contributed by atoms with E-state index in [1.165, 1.54) is 12.8 Å². The molecule has 3 heterocycles. The monoisotopic (exact) mass is 343 g/mol. The number of hydrogen-bond acceptors (Lipinski definition) is 6. The molecule has 25 heavy (non-hydrogen) atoms. The summed E-state index contributed by atoms with van der Waals surface area (Å²) in [4.78, 5) is 19.0. The average molecular weight is 343 g/mol. The third-order valence-electron chi connectivity index (χ3n) is 4.49. The highest BCUT2D eigenvalue weighted by molar-refractivity contribution is 5.75. The van der Waals surface area contributed by atoms with E-state index in [2.05, 4.69) is 30.7 Å². The van der Waals surface area contributed by atoms with Gasteiger partial charge >= 0.3 is 0 Å². The van der Waals surface area contributed by atoms with Crippen LogP contribution in [0.4, 0.5) is 0 Å². The van der Waals surface area contributed by atoms with Gasteiger partial charge < -0.3 is 5.32 Å². The third-order valence-corrected chi connectivity index (χ3v) is 4.49. The Morgan fingerprint density at radius 3 is 2.92 bits per heavy atom. The average Bonchev–Trinajstić information content (AvgIpc) is 3.22. The first-order valence-corrected chi connectivity index (χ1v) is 8.79. The third kappa shape index (κ3) is 4.82. The Kier molecular flexibility index (Phi) is 5.70. The molecule has 0 aliphatic carbocycles. The van der Waals surface area contributed by atoms with Gasteiger partial charge in [0.15, 0.2) is 5.82 Å². The Labute approximate surface area is 147 Å². The molecule has 2 aromatic rings. The van der Waals surface area contributed by atoms with Gasteiger partial charge in [-0.05, 0) is 61.8 Å². The number of hydrogen-bond donors (Lipinski definition) is 1. The molecule has 1 atom stereocenters. The molecule has 8 heteroatoms. The summed E-state index contributed by atoms with van der Waals surface area (Å²) in [5, 5.41) is 14.7. The maximum Gasteiger partial charge on any atom is 0.242 e. The van der Waals surface area contributed by atoms with Crippen LogP contribution in [-0.4, -0.2) is 55.1 Å². The molecule has 1 aliphatic rings. The van der Waals surface area contributed by atoms with Crippen molar-refractivity contribution in [3.05, 3.63) is 35.4 Å². The van der Waals surface area contributed by atoms with Crippen molar-refractivity contribution in [2.75, 3.05) is 13.1 Å². The van der Waals surface area contributed by atoms with Crippen LogP contribution >= 0.6 is 0 Å². The summed E-state index contributed by atoms with van der Waals surface area (Å²) in [6.45, 7) is 6.99. The highest BCUT2D eigenvalue weighted by Gasteiger charge is 2.18. The molecule has 8 nitrogen and oxygen atoms in total. The minimum Gasteiger partial charge on any atom is -0.352 e. The summed E-state index contributed by atoms with van der Waals surface area (Å²) >= 11 is 0. The summed E-state index contributed by atoms with van der Waals surface area (Å²) in [7, 11) is 0. The van der Waals surface area contributed by atoms with Gasteiger partial charge in [0.05, 0.1) is 6.54 Å². The summed E-state index contributed by atoms with van der Waals surface area (Å²) in [6, 6.07) is 3.95. The lowest BCUT2D eigenvalue weighted by Gasteiger charge is -2.16. The van der Waals surface area contributed by atoms with E-state index in [1.807, 2.05) is 26.0 Å². The summed E-state index contributed by atoms with van der Waals surface area (Å²) in [6.07, 6.45) is 4.91. The molecule has 0 bridgehead atoms. The summed E-state index contributed by atoms with van der Waals surface area (Å²) in [5.74, 6) is 0.654. The quantitative estimate of drug-likeness (QED) is 0.797.